The highest BCUT2D eigenvalue weighted by Crippen LogP contribution is 2.18. The van der Waals surface area contributed by atoms with Crippen LogP contribution in [0.3, 0.4) is 0 Å². The number of rotatable bonds is 4. The largest absolute Gasteiger partial charge is 0.357 e. The van der Waals surface area contributed by atoms with Gasteiger partial charge in [0.05, 0.1) is 6.67 Å². The summed E-state index contributed by atoms with van der Waals surface area (Å²) in [5.74, 6) is 0. The quantitative estimate of drug-likeness (QED) is 0.650. The van der Waals surface area contributed by atoms with E-state index in [1.54, 1.807) is 0 Å². The van der Waals surface area contributed by atoms with E-state index >= 15 is 0 Å². The second-order valence-electron chi connectivity index (χ2n) is 5.22. The Hall–Kier alpha value is -1.96. The highest BCUT2D eigenvalue weighted by molar-refractivity contribution is 5.52. The van der Waals surface area contributed by atoms with Gasteiger partial charge in [0.25, 0.3) is 0 Å². The van der Waals surface area contributed by atoms with Crippen molar-refractivity contribution in [3.05, 3.63) is 59.7 Å². The second kappa shape index (κ2) is 11.6. The zero-order chi connectivity index (χ0) is 17.8. The van der Waals surface area contributed by atoms with Crippen LogP contribution in [0.2, 0.25) is 0 Å². The first kappa shape index (κ1) is 21.0. The summed E-state index contributed by atoms with van der Waals surface area (Å²) in [6, 6.07) is 17.2. The average Bonchev–Trinajstić information content (AvgIpc) is 2.58. The third-order valence-electron chi connectivity index (χ3n) is 3.31. The van der Waals surface area contributed by atoms with Crippen LogP contribution in [-0.4, -0.2) is 20.8 Å². The van der Waals surface area contributed by atoms with Crippen LogP contribution >= 0.6 is 0 Å². The van der Waals surface area contributed by atoms with Gasteiger partial charge >= 0.3 is 0 Å². The van der Waals surface area contributed by atoms with E-state index in [4.69, 9.17) is 0 Å². The summed E-state index contributed by atoms with van der Waals surface area (Å²) >= 11 is 0. The van der Waals surface area contributed by atoms with Gasteiger partial charge in [-0.05, 0) is 49.2 Å². The lowest BCUT2D eigenvalue weighted by Crippen LogP contribution is -2.32. The Balaban J connectivity index is 0.00000112. The minimum Gasteiger partial charge on any atom is -0.357 e. The maximum atomic E-state index is 2.26. The van der Waals surface area contributed by atoms with E-state index in [1.807, 2.05) is 27.7 Å². The number of benzene rings is 2. The fourth-order valence-electron chi connectivity index (χ4n) is 2.21. The predicted molar refractivity (Wildman–Crippen MR) is 107 cm³/mol. The fourth-order valence-corrected chi connectivity index (χ4v) is 2.21. The fraction of sp³-hybridized carbons (Fsp3) is 0.429. The van der Waals surface area contributed by atoms with Gasteiger partial charge < -0.3 is 9.80 Å². The van der Waals surface area contributed by atoms with Crippen LogP contribution < -0.4 is 9.80 Å². The molecule has 0 saturated carbocycles. The third-order valence-corrected chi connectivity index (χ3v) is 3.31. The minimum absolute atomic E-state index is 0.868. The first-order valence-corrected chi connectivity index (χ1v) is 8.62. The lowest BCUT2D eigenvalue weighted by atomic mass is 10.2. The molecule has 0 N–H and O–H groups in total. The molecule has 2 rings (SSSR count). The van der Waals surface area contributed by atoms with Crippen molar-refractivity contribution in [2.24, 2.45) is 0 Å². The number of anilines is 2. The standard InChI is InChI=1S/C17H22N2.2C2H6/c1-14-7-5-9-16(11-14)18(3)13-19(4)17-10-6-8-15(2)12-17;2*1-2/h5-12H,13H2,1-4H3;2*1-2H3. The van der Waals surface area contributed by atoms with Gasteiger partial charge in [-0.2, -0.15) is 0 Å². The Morgan fingerprint density at radius 1 is 0.652 bits per heavy atom. The zero-order valence-electron chi connectivity index (χ0n) is 16.2. The van der Waals surface area contributed by atoms with Crippen LogP contribution in [0.5, 0.6) is 0 Å². The van der Waals surface area contributed by atoms with Crippen LogP contribution in [0.15, 0.2) is 48.5 Å². The summed E-state index contributed by atoms with van der Waals surface area (Å²) in [7, 11) is 4.25. The molecule has 0 heterocycles. The van der Waals surface area contributed by atoms with E-state index in [2.05, 4.69) is 86.3 Å². The molecule has 0 aliphatic carbocycles. The normalized spacial score (nSPS) is 9.04. The summed E-state index contributed by atoms with van der Waals surface area (Å²) < 4.78 is 0. The molecule has 0 unspecified atom stereocenters. The van der Waals surface area contributed by atoms with Crippen molar-refractivity contribution in [3.63, 3.8) is 0 Å². The molecule has 0 saturated heterocycles. The van der Waals surface area contributed by atoms with Gasteiger partial charge in [-0.3, -0.25) is 0 Å². The summed E-state index contributed by atoms with van der Waals surface area (Å²) in [6.07, 6.45) is 0. The number of hydrogen-bond donors (Lipinski definition) is 0. The van der Waals surface area contributed by atoms with Gasteiger partial charge in [-0.15, -0.1) is 0 Å². The second-order valence-corrected chi connectivity index (χ2v) is 5.22. The molecule has 128 valence electrons. The van der Waals surface area contributed by atoms with E-state index in [9.17, 15) is 0 Å². The highest BCUT2D eigenvalue weighted by Gasteiger charge is 2.06. The highest BCUT2D eigenvalue weighted by atomic mass is 15.3. The third kappa shape index (κ3) is 7.23. The van der Waals surface area contributed by atoms with Crippen LogP contribution in [0.25, 0.3) is 0 Å². The SMILES string of the molecule is CC.CC.Cc1cccc(N(C)CN(C)c2cccc(C)c2)c1. The molecule has 2 aromatic rings. The van der Waals surface area contributed by atoms with Gasteiger partial charge in [-0.1, -0.05) is 52.0 Å². The summed E-state index contributed by atoms with van der Waals surface area (Å²) in [5, 5.41) is 0. The van der Waals surface area contributed by atoms with Gasteiger partial charge in [0, 0.05) is 25.5 Å². The Kier molecular flexibility index (Phi) is 10.6. The lowest BCUT2D eigenvalue weighted by Gasteiger charge is -2.28. The molecule has 0 atom stereocenters. The molecule has 0 amide bonds. The van der Waals surface area contributed by atoms with Crippen molar-refractivity contribution >= 4 is 11.4 Å². The molecule has 0 aromatic heterocycles. The summed E-state index contributed by atoms with van der Waals surface area (Å²) in [6.45, 7) is 13.1. The Bertz CT molecular complexity index is 500. The van der Waals surface area contributed by atoms with Gasteiger partial charge in [0.1, 0.15) is 0 Å². The van der Waals surface area contributed by atoms with Crippen LogP contribution in [0.4, 0.5) is 11.4 Å². The van der Waals surface area contributed by atoms with Gasteiger partial charge in [0.15, 0.2) is 0 Å². The lowest BCUT2D eigenvalue weighted by molar-refractivity contribution is 0.854. The van der Waals surface area contributed by atoms with Crippen molar-refractivity contribution in [2.45, 2.75) is 41.5 Å². The number of aryl methyl sites for hydroxylation is 2. The Labute approximate surface area is 143 Å². The topological polar surface area (TPSA) is 6.48 Å². The number of nitrogens with zero attached hydrogens (tertiary/aromatic N) is 2. The average molecular weight is 315 g/mol. The van der Waals surface area contributed by atoms with E-state index in [1.165, 1.54) is 22.5 Å². The molecule has 2 nitrogen and oxygen atoms in total. The molecule has 0 aliphatic rings. The van der Waals surface area contributed by atoms with Crippen LogP contribution in [0, 0.1) is 13.8 Å². The predicted octanol–water partition coefficient (Wildman–Crippen LogP) is 5.89. The van der Waals surface area contributed by atoms with Gasteiger partial charge in [-0.25, -0.2) is 0 Å². The molecule has 0 bridgehead atoms. The Morgan fingerprint density at radius 3 is 1.30 bits per heavy atom. The molecule has 23 heavy (non-hydrogen) atoms. The first-order valence-electron chi connectivity index (χ1n) is 8.62. The number of hydrogen-bond acceptors (Lipinski definition) is 2. The van der Waals surface area contributed by atoms with E-state index in [-0.39, 0.29) is 0 Å². The van der Waals surface area contributed by atoms with E-state index in [0.717, 1.165) is 6.67 Å². The first-order chi connectivity index (χ1) is 11.1. The minimum atomic E-state index is 0.868. The monoisotopic (exact) mass is 314 g/mol. The van der Waals surface area contributed by atoms with E-state index < -0.39 is 0 Å². The molecule has 2 aromatic carbocycles. The summed E-state index contributed by atoms with van der Waals surface area (Å²) in [5.41, 5.74) is 5.09. The molecular weight excluding hydrogens is 280 g/mol. The maximum Gasteiger partial charge on any atom is 0.0896 e. The summed E-state index contributed by atoms with van der Waals surface area (Å²) in [4.78, 5) is 4.52. The van der Waals surface area contributed by atoms with Gasteiger partial charge in [0.2, 0.25) is 0 Å². The van der Waals surface area contributed by atoms with Crippen molar-refractivity contribution in [1.82, 2.24) is 0 Å². The smallest absolute Gasteiger partial charge is 0.0896 e. The molecule has 0 fully saturated rings. The van der Waals surface area contributed by atoms with Crippen LogP contribution in [0.1, 0.15) is 38.8 Å². The molecule has 0 spiro atoms. The zero-order valence-corrected chi connectivity index (χ0v) is 16.2. The molecule has 0 aliphatic heterocycles. The molecule has 2 heteroatoms. The van der Waals surface area contributed by atoms with Crippen molar-refractivity contribution < 1.29 is 0 Å². The van der Waals surface area contributed by atoms with E-state index in [0.29, 0.717) is 0 Å². The Morgan fingerprint density at radius 2 is 1.00 bits per heavy atom. The molecular formula is C21H34N2. The maximum absolute atomic E-state index is 2.26. The van der Waals surface area contributed by atoms with Crippen LogP contribution in [-0.2, 0) is 0 Å². The van der Waals surface area contributed by atoms with Crippen molar-refractivity contribution in [1.29, 1.82) is 0 Å². The van der Waals surface area contributed by atoms with Crippen molar-refractivity contribution in [2.75, 3.05) is 30.6 Å². The molecule has 0 radical (unpaired) electrons. The van der Waals surface area contributed by atoms with Crippen molar-refractivity contribution in [3.8, 4) is 0 Å².